The lowest BCUT2D eigenvalue weighted by atomic mass is 9.59. The van der Waals surface area contributed by atoms with Gasteiger partial charge in [-0.3, -0.25) is 4.99 Å². The van der Waals surface area contributed by atoms with Gasteiger partial charge in [-0.15, -0.1) is 0 Å². The van der Waals surface area contributed by atoms with Crippen LogP contribution in [0.2, 0.25) is 0 Å². The van der Waals surface area contributed by atoms with E-state index in [0.29, 0.717) is 5.92 Å². The highest BCUT2D eigenvalue weighted by Gasteiger charge is 2.44. The zero-order valence-electron chi connectivity index (χ0n) is 11.5. The molecule has 1 aromatic carbocycles. The zero-order chi connectivity index (χ0) is 12.8. The summed E-state index contributed by atoms with van der Waals surface area (Å²) in [4.78, 5) is 4.63. The summed E-state index contributed by atoms with van der Waals surface area (Å²) in [5, 5.41) is 0. The molecule has 2 aliphatic rings. The molecule has 0 saturated heterocycles. The Bertz CT molecular complexity index is 506. The first-order valence-corrected chi connectivity index (χ1v) is 6.83. The van der Waals surface area contributed by atoms with Gasteiger partial charge in [-0.05, 0) is 42.5 Å². The maximum absolute atomic E-state index is 5.39. The molecule has 0 heterocycles. The molecule has 2 heteroatoms. The van der Waals surface area contributed by atoms with Crippen LogP contribution in [0, 0.1) is 5.92 Å². The quantitative estimate of drug-likeness (QED) is 0.741. The topological polar surface area (TPSA) is 21.6 Å². The molecular formula is C16H21NO. The fraction of sp³-hybridized carbons (Fsp3) is 0.562. The van der Waals surface area contributed by atoms with Gasteiger partial charge in [0.25, 0.3) is 0 Å². The van der Waals surface area contributed by atoms with Gasteiger partial charge in [0, 0.05) is 24.1 Å². The lowest BCUT2D eigenvalue weighted by Crippen LogP contribution is -2.46. The summed E-state index contributed by atoms with van der Waals surface area (Å²) in [6, 6.07) is 6.56. The molecule has 2 nitrogen and oxygen atoms in total. The summed E-state index contributed by atoms with van der Waals surface area (Å²) >= 11 is 0. The van der Waals surface area contributed by atoms with Crippen molar-refractivity contribution in [2.45, 2.75) is 38.0 Å². The second-order valence-electron chi connectivity index (χ2n) is 5.76. The molecule has 2 bridgehead atoms. The number of aliphatic imine (C=N–C) groups is 1. The van der Waals surface area contributed by atoms with Crippen LogP contribution in [-0.4, -0.2) is 19.9 Å². The summed E-state index contributed by atoms with van der Waals surface area (Å²) in [7, 11) is 3.70. The predicted octanol–water partition coefficient (Wildman–Crippen LogP) is 3.38. The SMILES string of the molecule is C/N=C1\C2CCC[C@]1(C)c1cc(OC)ccc1C2. The van der Waals surface area contributed by atoms with Crippen molar-refractivity contribution < 1.29 is 4.74 Å². The first kappa shape index (κ1) is 11.8. The molecule has 1 unspecified atom stereocenters. The maximum atomic E-state index is 5.39. The molecule has 0 aromatic heterocycles. The highest BCUT2D eigenvalue weighted by Crippen LogP contribution is 2.47. The summed E-state index contributed by atoms with van der Waals surface area (Å²) in [6.07, 6.45) is 4.99. The Morgan fingerprint density at radius 1 is 1.39 bits per heavy atom. The monoisotopic (exact) mass is 243 g/mol. The minimum absolute atomic E-state index is 0.139. The summed E-state index contributed by atoms with van der Waals surface area (Å²) < 4.78 is 5.39. The van der Waals surface area contributed by atoms with Gasteiger partial charge in [0.15, 0.2) is 0 Å². The summed E-state index contributed by atoms with van der Waals surface area (Å²) in [6.45, 7) is 2.36. The van der Waals surface area contributed by atoms with Gasteiger partial charge in [0.2, 0.25) is 0 Å². The number of rotatable bonds is 1. The van der Waals surface area contributed by atoms with Crippen LogP contribution in [0.15, 0.2) is 23.2 Å². The van der Waals surface area contributed by atoms with Crippen molar-refractivity contribution >= 4 is 5.71 Å². The molecule has 1 fully saturated rings. The van der Waals surface area contributed by atoms with Crippen molar-refractivity contribution in [3.8, 4) is 5.75 Å². The molecule has 0 spiro atoms. The van der Waals surface area contributed by atoms with Gasteiger partial charge in [0.05, 0.1) is 7.11 Å². The van der Waals surface area contributed by atoms with E-state index in [2.05, 4.69) is 30.1 Å². The highest BCUT2D eigenvalue weighted by molar-refractivity contribution is 5.99. The largest absolute Gasteiger partial charge is 0.497 e. The van der Waals surface area contributed by atoms with Gasteiger partial charge in [-0.2, -0.15) is 0 Å². The summed E-state index contributed by atoms with van der Waals surface area (Å²) in [5.74, 6) is 1.63. The number of fused-ring (bicyclic) bond motifs is 4. The van der Waals surface area contributed by atoms with Crippen LogP contribution in [0.3, 0.4) is 0 Å². The Morgan fingerprint density at radius 3 is 2.94 bits per heavy atom. The zero-order valence-corrected chi connectivity index (χ0v) is 11.5. The van der Waals surface area contributed by atoms with Crippen molar-refractivity contribution in [2.24, 2.45) is 10.9 Å². The number of hydrogen-bond acceptors (Lipinski definition) is 2. The van der Waals surface area contributed by atoms with E-state index in [0.717, 1.165) is 12.2 Å². The standard InChI is InChI=1S/C16H21NO/c1-16-8-4-5-12(15(16)17-2)9-11-6-7-13(18-3)10-14(11)16/h6-7,10,12H,4-5,8-9H2,1-3H3/b17-15+/t12?,16-/m1/s1. The van der Waals surface area contributed by atoms with Crippen LogP contribution in [-0.2, 0) is 11.8 Å². The first-order valence-electron chi connectivity index (χ1n) is 6.83. The van der Waals surface area contributed by atoms with Gasteiger partial charge < -0.3 is 4.74 Å². The second-order valence-corrected chi connectivity index (χ2v) is 5.76. The van der Waals surface area contributed by atoms with Crippen molar-refractivity contribution in [3.05, 3.63) is 29.3 Å². The molecule has 18 heavy (non-hydrogen) atoms. The van der Waals surface area contributed by atoms with Crippen molar-refractivity contribution in [3.63, 3.8) is 0 Å². The smallest absolute Gasteiger partial charge is 0.119 e. The van der Waals surface area contributed by atoms with E-state index in [1.165, 1.54) is 36.1 Å². The minimum Gasteiger partial charge on any atom is -0.497 e. The molecule has 1 saturated carbocycles. The summed E-state index contributed by atoms with van der Waals surface area (Å²) in [5.41, 5.74) is 4.49. The molecule has 0 amide bonds. The molecule has 3 rings (SSSR count). The van der Waals surface area contributed by atoms with Gasteiger partial charge >= 0.3 is 0 Å². The van der Waals surface area contributed by atoms with Crippen LogP contribution in [0.4, 0.5) is 0 Å². The lowest BCUT2D eigenvalue weighted by molar-refractivity contribution is 0.385. The third kappa shape index (κ3) is 1.51. The Kier molecular flexibility index (Phi) is 2.69. The number of nitrogens with zero attached hydrogens (tertiary/aromatic N) is 1. The minimum atomic E-state index is 0.139. The third-order valence-corrected chi connectivity index (χ3v) is 4.80. The van der Waals surface area contributed by atoms with Gasteiger partial charge in [0.1, 0.15) is 5.75 Å². The Morgan fingerprint density at radius 2 is 2.22 bits per heavy atom. The second kappa shape index (κ2) is 4.11. The maximum Gasteiger partial charge on any atom is 0.119 e. The van der Waals surface area contributed by atoms with Crippen molar-refractivity contribution in [1.82, 2.24) is 0 Å². The third-order valence-electron chi connectivity index (χ3n) is 4.80. The van der Waals surface area contributed by atoms with E-state index in [1.54, 1.807) is 7.11 Å². The first-order chi connectivity index (χ1) is 8.69. The van der Waals surface area contributed by atoms with E-state index in [1.807, 2.05) is 7.05 Å². The molecule has 0 radical (unpaired) electrons. The van der Waals surface area contributed by atoms with E-state index in [4.69, 9.17) is 4.74 Å². The Balaban J connectivity index is 2.19. The molecule has 2 atom stereocenters. The fourth-order valence-corrected chi connectivity index (χ4v) is 3.96. The average molecular weight is 243 g/mol. The van der Waals surface area contributed by atoms with Gasteiger partial charge in [-0.25, -0.2) is 0 Å². The lowest BCUT2D eigenvalue weighted by Gasteiger charge is -2.45. The van der Waals surface area contributed by atoms with Gasteiger partial charge in [-0.1, -0.05) is 19.4 Å². The molecule has 96 valence electrons. The molecule has 0 N–H and O–H groups in total. The van der Waals surface area contributed by atoms with Crippen LogP contribution in [0.5, 0.6) is 5.75 Å². The Hall–Kier alpha value is -1.31. The number of methoxy groups -OCH3 is 1. The van der Waals surface area contributed by atoms with E-state index < -0.39 is 0 Å². The van der Waals surface area contributed by atoms with E-state index >= 15 is 0 Å². The predicted molar refractivity (Wildman–Crippen MR) is 74.8 cm³/mol. The normalized spacial score (nSPS) is 32.2. The molecular weight excluding hydrogens is 222 g/mol. The molecule has 0 aliphatic heterocycles. The van der Waals surface area contributed by atoms with E-state index in [-0.39, 0.29) is 5.41 Å². The van der Waals surface area contributed by atoms with Crippen LogP contribution >= 0.6 is 0 Å². The van der Waals surface area contributed by atoms with Crippen molar-refractivity contribution in [2.75, 3.05) is 14.2 Å². The van der Waals surface area contributed by atoms with Crippen molar-refractivity contribution in [1.29, 1.82) is 0 Å². The van der Waals surface area contributed by atoms with Crippen LogP contribution < -0.4 is 4.74 Å². The highest BCUT2D eigenvalue weighted by atomic mass is 16.5. The fourth-order valence-electron chi connectivity index (χ4n) is 3.96. The Labute approximate surface area is 109 Å². The molecule has 2 aliphatic carbocycles. The number of ether oxygens (including phenoxy) is 1. The van der Waals surface area contributed by atoms with Crippen LogP contribution in [0.25, 0.3) is 0 Å². The number of benzene rings is 1. The van der Waals surface area contributed by atoms with Crippen LogP contribution in [0.1, 0.15) is 37.3 Å². The van der Waals surface area contributed by atoms with E-state index in [9.17, 15) is 0 Å². The number of hydrogen-bond donors (Lipinski definition) is 0. The average Bonchev–Trinajstić information content (AvgIpc) is 2.38. The molecule has 1 aromatic rings.